The zero-order chi connectivity index (χ0) is 10.9. The average molecular weight is 210 g/mol. The SMILES string of the molecule is C1CCCCC1.CC(C)C1CCCCC1. The van der Waals surface area contributed by atoms with Crippen molar-refractivity contribution in [3.63, 3.8) is 0 Å². The molecule has 2 saturated carbocycles. The maximum Gasteiger partial charge on any atom is -0.0391 e. The quantitative estimate of drug-likeness (QED) is 0.531. The Labute approximate surface area is 96.8 Å². The van der Waals surface area contributed by atoms with Gasteiger partial charge in [-0.25, -0.2) is 0 Å². The van der Waals surface area contributed by atoms with Gasteiger partial charge in [-0.2, -0.15) is 0 Å². The Morgan fingerprint density at radius 3 is 1.20 bits per heavy atom. The normalized spacial score (nSPS) is 23.4. The molecule has 90 valence electrons. The van der Waals surface area contributed by atoms with Gasteiger partial charge in [0.25, 0.3) is 0 Å². The molecule has 0 nitrogen and oxygen atoms in total. The summed E-state index contributed by atoms with van der Waals surface area (Å²) in [5.41, 5.74) is 0. The lowest BCUT2D eigenvalue weighted by Gasteiger charge is -2.24. The predicted octanol–water partition coefficient (Wildman–Crippen LogP) is 5.56. The Morgan fingerprint density at radius 2 is 0.933 bits per heavy atom. The first-order valence-electron chi connectivity index (χ1n) is 7.30. The molecular formula is C15H30. The molecule has 2 rings (SSSR count). The molecule has 0 unspecified atom stereocenters. The first-order valence-corrected chi connectivity index (χ1v) is 7.30. The van der Waals surface area contributed by atoms with Crippen LogP contribution in [0.25, 0.3) is 0 Å². The topological polar surface area (TPSA) is 0 Å². The lowest BCUT2D eigenvalue weighted by atomic mass is 9.82. The summed E-state index contributed by atoms with van der Waals surface area (Å²) >= 11 is 0. The summed E-state index contributed by atoms with van der Waals surface area (Å²) < 4.78 is 0. The van der Waals surface area contributed by atoms with Crippen molar-refractivity contribution in [1.29, 1.82) is 0 Å². The maximum absolute atomic E-state index is 2.36. The second-order valence-electron chi connectivity index (χ2n) is 5.76. The monoisotopic (exact) mass is 210 g/mol. The molecule has 0 radical (unpaired) electrons. The van der Waals surface area contributed by atoms with Gasteiger partial charge in [0.2, 0.25) is 0 Å². The van der Waals surface area contributed by atoms with Crippen LogP contribution in [0, 0.1) is 11.8 Å². The van der Waals surface area contributed by atoms with E-state index in [-0.39, 0.29) is 0 Å². The van der Waals surface area contributed by atoms with Crippen LogP contribution in [0.3, 0.4) is 0 Å². The fourth-order valence-corrected chi connectivity index (χ4v) is 2.86. The Morgan fingerprint density at radius 1 is 0.600 bits per heavy atom. The van der Waals surface area contributed by atoms with Crippen LogP contribution < -0.4 is 0 Å². The standard InChI is InChI=1S/C9H18.C6H12/c1-8(2)9-6-4-3-5-7-9;1-2-4-6-5-3-1/h8-9H,3-7H2,1-2H3;1-6H2. The molecule has 2 aliphatic rings. The van der Waals surface area contributed by atoms with Gasteiger partial charge in [-0.1, -0.05) is 84.5 Å². The minimum atomic E-state index is 0.935. The van der Waals surface area contributed by atoms with Crippen molar-refractivity contribution in [2.45, 2.75) is 84.5 Å². The van der Waals surface area contributed by atoms with Crippen molar-refractivity contribution in [3.8, 4) is 0 Å². The summed E-state index contributed by atoms with van der Waals surface area (Å²) in [6, 6.07) is 0. The third-order valence-corrected chi connectivity index (χ3v) is 4.09. The summed E-state index contributed by atoms with van der Waals surface area (Å²) in [6.45, 7) is 4.71. The predicted molar refractivity (Wildman–Crippen MR) is 69.1 cm³/mol. The number of hydrogen-bond donors (Lipinski definition) is 0. The third kappa shape index (κ3) is 6.22. The lowest BCUT2D eigenvalue weighted by Crippen LogP contribution is -2.12. The highest BCUT2D eigenvalue weighted by Gasteiger charge is 2.15. The number of rotatable bonds is 1. The first-order chi connectivity index (χ1) is 7.30. The first kappa shape index (κ1) is 13.1. The van der Waals surface area contributed by atoms with E-state index in [9.17, 15) is 0 Å². The minimum Gasteiger partial charge on any atom is -0.0625 e. The molecule has 0 aromatic heterocycles. The highest BCUT2D eigenvalue weighted by Crippen LogP contribution is 2.29. The Hall–Kier alpha value is 0. The molecule has 0 saturated heterocycles. The van der Waals surface area contributed by atoms with Crippen LogP contribution in [0.5, 0.6) is 0 Å². The van der Waals surface area contributed by atoms with Crippen LogP contribution in [-0.4, -0.2) is 0 Å². The van der Waals surface area contributed by atoms with E-state index in [0.717, 1.165) is 11.8 Å². The fraction of sp³-hybridized carbons (Fsp3) is 1.00. The Balaban J connectivity index is 0.000000162. The van der Waals surface area contributed by atoms with Gasteiger partial charge in [0, 0.05) is 0 Å². The fourth-order valence-electron chi connectivity index (χ4n) is 2.86. The van der Waals surface area contributed by atoms with Gasteiger partial charge in [-0.3, -0.25) is 0 Å². The van der Waals surface area contributed by atoms with Crippen molar-refractivity contribution < 1.29 is 0 Å². The largest absolute Gasteiger partial charge is 0.0625 e. The van der Waals surface area contributed by atoms with Gasteiger partial charge in [0.1, 0.15) is 0 Å². The second-order valence-corrected chi connectivity index (χ2v) is 5.76. The van der Waals surface area contributed by atoms with Gasteiger partial charge < -0.3 is 0 Å². The molecule has 2 aliphatic carbocycles. The molecule has 0 aromatic rings. The van der Waals surface area contributed by atoms with Gasteiger partial charge in [0.05, 0.1) is 0 Å². The van der Waals surface area contributed by atoms with Gasteiger partial charge >= 0.3 is 0 Å². The zero-order valence-corrected chi connectivity index (χ0v) is 10.9. The van der Waals surface area contributed by atoms with Crippen molar-refractivity contribution >= 4 is 0 Å². The average Bonchev–Trinajstić information content (AvgIpc) is 2.33. The molecule has 2 fully saturated rings. The molecule has 0 spiro atoms. The van der Waals surface area contributed by atoms with Crippen molar-refractivity contribution in [3.05, 3.63) is 0 Å². The van der Waals surface area contributed by atoms with Crippen LogP contribution in [0.1, 0.15) is 84.5 Å². The molecule has 15 heavy (non-hydrogen) atoms. The molecular weight excluding hydrogens is 180 g/mol. The van der Waals surface area contributed by atoms with Crippen LogP contribution in [-0.2, 0) is 0 Å². The van der Waals surface area contributed by atoms with Crippen molar-refractivity contribution in [2.75, 3.05) is 0 Å². The molecule has 0 N–H and O–H groups in total. The van der Waals surface area contributed by atoms with Crippen LogP contribution in [0.2, 0.25) is 0 Å². The molecule has 0 heteroatoms. The second kappa shape index (κ2) is 8.19. The van der Waals surface area contributed by atoms with E-state index in [2.05, 4.69) is 13.8 Å². The smallest absolute Gasteiger partial charge is 0.0391 e. The molecule has 0 bridgehead atoms. The van der Waals surface area contributed by atoms with E-state index in [1.807, 2.05) is 0 Å². The lowest BCUT2D eigenvalue weighted by molar-refractivity contribution is 0.279. The van der Waals surface area contributed by atoms with E-state index in [4.69, 9.17) is 0 Å². The van der Waals surface area contributed by atoms with Crippen LogP contribution in [0.15, 0.2) is 0 Å². The summed E-state index contributed by atoms with van der Waals surface area (Å²) in [6.07, 6.45) is 16.5. The summed E-state index contributed by atoms with van der Waals surface area (Å²) in [4.78, 5) is 0. The molecule has 0 amide bonds. The van der Waals surface area contributed by atoms with Gasteiger partial charge in [-0.15, -0.1) is 0 Å². The van der Waals surface area contributed by atoms with E-state index in [1.165, 1.54) is 70.6 Å². The van der Waals surface area contributed by atoms with Crippen LogP contribution >= 0.6 is 0 Å². The van der Waals surface area contributed by atoms with E-state index >= 15 is 0 Å². The molecule has 0 aromatic carbocycles. The molecule has 0 heterocycles. The number of hydrogen-bond acceptors (Lipinski definition) is 0. The Bertz CT molecular complexity index is 115. The highest BCUT2D eigenvalue weighted by atomic mass is 14.2. The summed E-state index contributed by atoms with van der Waals surface area (Å²) in [7, 11) is 0. The van der Waals surface area contributed by atoms with Crippen molar-refractivity contribution in [1.82, 2.24) is 0 Å². The van der Waals surface area contributed by atoms with E-state index < -0.39 is 0 Å². The molecule has 0 atom stereocenters. The van der Waals surface area contributed by atoms with Gasteiger partial charge in [-0.05, 0) is 11.8 Å². The van der Waals surface area contributed by atoms with E-state index in [0.29, 0.717) is 0 Å². The minimum absolute atomic E-state index is 0.935. The summed E-state index contributed by atoms with van der Waals surface area (Å²) in [5.74, 6) is 1.99. The highest BCUT2D eigenvalue weighted by molar-refractivity contribution is 4.67. The third-order valence-electron chi connectivity index (χ3n) is 4.09. The van der Waals surface area contributed by atoms with Gasteiger partial charge in [0.15, 0.2) is 0 Å². The van der Waals surface area contributed by atoms with Crippen molar-refractivity contribution in [2.24, 2.45) is 11.8 Å². The van der Waals surface area contributed by atoms with E-state index in [1.54, 1.807) is 0 Å². The zero-order valence-electron chi connectivity index (χ0n) is 10.9. The summed E-state index contributed by atoms with van der Waals surface area (Å²) in [5, 5.41) is 0. The van der Waals surface area contributed by atoms with Crippen LogP contribution in [0.4, 0.5) is 0 Å². The molecule has 0 aliphatic heterocycles. The maximum atomic E-state index is 2.36. The Kier molecular flexibility index (Phi) is 7.13.